The predicted molar refractivity (Wildman–Crippen MR) is 154 cm³/mol. The summed E-state index contributed by atoms with van der Waals surface area (Å²) in [5.74, 6) is -2.58. The van der Waals surface area contributed by atoms with Crippen molar-refractivity contribution in [2.24, 2.45) is 0 Å². The third-order valence-electron chi connectivity index (χ3n) is 7.14. The fourth-order valence-electron chi connectivity index (χ4n) is 5.00. The van der Waals surface area contributed by atoms with Crippen LogP contribution in [0.15, 0.2) is 77.6 Å². The van der Waals surface area contributed by atoms with Crippen LogP contribution in [0, 0.1) is 6.92 Å². The molecule has 1 fully saturated rings. The van der Waals surface area contributed by atoms with E-state index in [1.165, 1.54) is 6.92 Å². The number of aromatic nitrogens is 2. The number of aryl methyl sites for hydroxylation is 1. The lowest BCUT2D eigenvalue weighted by atomic mass is 9.87. The van der Waals surface area contributed by atoms with Crippen LogP contribution >= 0.6 is 11.6 Å². The molecule has 0 spiro atoms. The highest BCUT2D eigenvalue weighted by Gasteiger charge is 2.54. The molecule has 0 radical (unpaired) electrons. The SMILES string of the molecule is Cc1nc2ccc(CNC(=O)Cc3ccc(Cl)cc3)cc2c(=O)n1[C@@]1(C(=O)OCc2ccccc2)CCC(=O)NC1=O. The number of imide groups is 1. The number of carbonyl (C=O) groups excluding carboxylic acids is 4. The summed E-state index contributed by atoms with van der Waals surface area (Å²) in [6, 6.07) is 20.8. The van der Waals surface area contributed by atoms with Crippen molar-refractivity contribution in [2.45, 2.75) is 44.9 Å². The molecule has 1 aliphatic rings. The third kappa shape index (κ3) is 5.80. The van der Waals surface area contributed by atoms with Gasteiger partial charge in [0.15, 0.2) is 0 Å². The number of halogens is 1. The van der Waals surface area contributed by atoms with Crippen LogP contribution in [0.3, 0.4) is 0 Å². The standard InChI is InChI=1S/C31H27ClN4O6/c1-19-34-25-12-9-22(17-33-27(38)16-20-7-10-23(32)11-8-20)15-24(25)28(39)36(19)31(14-13-26(37)35-29(31)40)30(41)42-18-21-5-3-2-4-6-21/h2-12,15H,13-14,16-18H2,1H3,(H,33,38)(H,35,37,40)/t31-/m0/s1. The minimum atomic E-state index is -2.13. The van der Waals surface area contributed by atoms with Gasteiger partial charge in [-0.1, -0.05) is 60.1 Å². The van der Waals surface area contributed by atoms with E-state index in [-0.39, 0.29) is 49.5 Å². The summed E-state index contributed by atoms with van der Waals surface area (Å²) in [4.78, 5) is 70.0. The van der Waals surface area contributed by atoms with Crippen LogP contribution in [0.4, 0.5) is 0 Å². The molecule has 1 saturated heterocycles. The fourth-order valence-corrected chi connectivity index (χ4v) is 5.12. The van der Waals surface area contributed by atoms with Crippen molar-refractivity contribution >= 4 is 46.2 Å². The summed E-state index contributed by atoms with van der Waals surface area (Å²) >= 11 is 5.91. The Morgan fingerprint density at radius 1 is 1.00 bits per heavy atom. The van der Waals surface area contributed by atoms with Gasteiger partial charge in [-0.05, 0) is 54.3 Å². The molecule has 3 aromatic carbocycles. The second-order valence-corrected chi connectivity index (χ2v) is 10.5. The van der Waals surface area contributed by atoms with Gasteiger partial charge >= 0.3 is 5.97 Å². The van der Waals surface area contributed by atoms with E-state index in [9.17, 15) is 24.0 Å². The maximum absolute atomic E-state index is 14.0. The molecule has 2 N–H and O–H groups in total. The predicted octanol–water partition coefficient (Wildman–Crippen LogP) is 3.09. The first kappa shape index (κ1) is 28.7. The number of esters is 1. The summed E-state index contributed by atoms with van der Waals surface area (Å²) in [6.45, 7) is 1.52. The van der Waals surface area contributed by atoms with Gasteiger partial charge in [0.2, 0.25) is 17.4 Å². The van der Waals surface area contributed by atoms with Gasteiger partial charge in [-0.25, -0.2) is 9.78 Å². The van der Waals surface area contributed by atoms with Crippen molar-refractivity contribution in [3.05, 3.63) is 111 Å². The molecule has 4 aromatic rings. The van der Waals surface area contributed by atoms with Gasteiger partial charge in [-0.3, -0.25) is 29.1 Å². The molecule has 214 valence electrons. The summed E-state index contributed by atoms with van der Waals surface area (Å²) in [5, 5.41) is 5.75. The molecule has 0 unspecified atom stereocenters. The van der Waals surface area contributed by atoms with E-state index in [4.69, 9.17) is 16.3 Å². The van der Waals surface area contributed by atoms with Crippen LogP contribution in [0.25, 0.3) is 10.9 Å². The zero-order valence-electron chi connectivity index (χ0n) is 22.7. The Balaban J connectivity index is 1.46. The first-order chi connectivity index (χ1) is 20.2. The van der Waals surface area contributed by atoms with E-state index < -0.39 is 28.9 Å². The molecule has 1 aromatic heterocycles. The number of fused-ring (bicyclic) bond motifs is 1. The van der Waals surface area contributed by atoms with Gasteiger partial charge in [0.05, 0.1) is 17.3 Å². The first-order valence-corrected chi connectivity index (χ1v) is 13.6. The number of piperidine rings is 1. The van der Waals surface area contributed by atoms with E-state index in [0.717, 1.165) is 10.1 Å². The number of amides is 3. The second kappa shape index (κ2) is 12.0. The lowest BCUT2D eigenvalue weighted by Gasteiger charge is -2.35. The minimum Gasteiger partial charge on any atom is -0.459 e. The largest absolute Gasteiger partial charge is 0.459 e. The van der Waals surface area contributed by atoms with Crippen LogP contribution in [-0.2, 0) is 49.0 Å². The summed E-state index contributed by atoms with van der Waals surface area (Å²) in [7, 11) is 0. The number of rotatable bonds is 8. The van der Waals surface area contributed by atoms with E-state index >= 15 is 0 Å². The zero-order valence-corrected chi connectivity index (χ0v) is 23.4. The van der Waals surface area contributed by atoms with Crippen LogP contribution in [0.2, 0.25) is 5.02 Å². The Bertz CT molecular complexity index is 1750. The smallest absolute Gasteiger partial charge is 0.342 e. The van der Waals surface area contributed by atoms with Crippen LogP contribution in [0.5, 0.6) is 0 Å². The third-order valence-corrected chi connectivity index (χ3v) is 7.39. The maximum Gasteiger partial charge on any atom is 0.342 e. The highest BCUT2D eigenvalue weighted by molar-refractivity contribution is 6.30. The van der Waals surface area contributed by atoms with Gasteiger partial charge in [0.1, 0.15) is 12.4 Å². The fraction of sp³-hybridized carbons (Fsp3) is 0.226. The topological polar surface area (TPSA) is 136 Å². The van der Waals surface area contributed by atoms with E-state index in [1.54, 1.807) is 66.7 Å². The van der Waals surface area contributed by atoms with E-state index in [1.807, 2.05) is 6.07 Å². The number of hydrogen-bond donors (Lipinski definition) is 2. The molecular weight excluding hydrogens is 560 g/mol. The van der Waals surface area contributed by atoms with E-state index in [2.05, 4.69) is 15.6 Å². The number of nitrogens with one attached hydrogen (secondary N) is 2. The monoisotopic (exact) mass is 586 g/mol. The number of hydrogen-bond acceptors (Lipinski definition) is 7. The molecule has 2 heterocycles. The van der Waals surface area contributed by atoms with Crippen molar-refractivity contribution in [3.63, 3.8) is 0 Å². The highest BCUT2D eigenvalue weighted by atomic mass is 35.5. The molecule has 0 saturated carbocycles. The number of ether oxygens (including phenoxy) is 1. The molecule has 1 atom stereocenters. The van der Waals surface area contributed by atoms with Crippen molar-refractivity contribution in [1.29, 1.82) is 0 Å². The molecule has 10 nitrogen and oxygen atoms in total. The molecule has 0 bridgehead atoms. The van der Waals surface area contributed by atoms with Crippen LogP contribution in [0.1, 0.15) is 35.4 Å². The van der Waals surface area contributed by atoms with Gasteiger partial charge in [-0.2, -0.15) is 0 Å². The Labute approximate surface area is 245 Å². The Morgan fingerprint density at radius 2 is 1.71 bits per heavy atom. The van der Waals surface area contributed by atoms with Gasteiger partial charge in [-0.15, -0.1) is 0 Å². The molecular formula is C31H27ClN4O6. The van der Waals surface area contributed by atoms with Crippen LogP contribution < -0.4 is 16.2 Å². The second-order valence-electron chi connectivity index (χ2n) is 10.0. The number of carbonyl (C=O) groups is 4. The summed E-state index contributed by atoms with van der Waals surface area (Å²) in [5.41, 5.74) is -0.319. The van der Waals surface area contributed by atoms with Gasteiger partial charge < -0.3 is 10.1 Å². The lowest BCUT2D eigenvalue weighted by molar-refractivity contribution is -0.164. The number of benzene rings is 3. The van der Waals surface area contributed by atoms with Gasteiger partial charge in [0.25, 0.3) is 11.5 Å². The molecule has 42 heavy (non-hydrogen) atoms. The zero-order chi connectivity index (χ0) is 29.9. The van der Waals surface area contributed by atoms with Crippen molar-refractivity contribution in [3.8, 4) is 0 Å². The van der Waals surface area contributed by atoms with Gasteiger partial charge in [0, 0.05) is 18.0 Å². The van der Waals surface area contributed by atoms with Crippen LogP contribution in [-0.4, -0.2) is 33.2 Å². The highest BCUT2D eigenvalue weighted by Crippen LogP contribution is 2.30. The Kier molecular flexibility index (Phi) is 8.17. The summed E-state index contributed by atoms with van der Waals surface area (Å²) in [6.07, 6.45) is -0.283. The summed E-state index contributed by atoms with van der Waals surface area (Å²) < 4.78 is 6.56. The van der Waals surface area contributed by atoms with Crippen molar-refractivity contribution in [1.82, 2.24) is 20.2 Å². The van der Waals surface area contributed by atoms with Crippen molar-refractivity contribution < 1.29 is 23.9 Å². The average Bonchev–Trinajstić information content (AvgIpc) is 2.98. The molecule has 0 aliphatic carbocycles. The molecule has 3 amide bonds. The molecule has 5 rings (SSSR count). The van der Waals surface area contributed by atoms with Crippen molar-refractivity contribution in [2.75, 3.05) is 0 Å². The quantitative estimate of drug-likeness (QED) is 0.184. The minimum absolute atomic E-state index is 0.109. The number of nitrogens with zero attached hydrogens (tertiary/aromatic N) is 2. The maximum atomic E-state index is 14.0. The first-order valence-electron chi connectivity index (χ1n) is 13.3. The van der Waals surface area contributed by atoms with E-state index in [0.29, 0.717) is 21.7 Å². The average molecular weight is 587 g/mol. The Morgan fingerprint density at radius 3 is 2.43 bits per heavy atom. The lowest BCUT2D eigenvalue weighted by Crippen LogP contribution is -2.62. The normalized spacial score (nSPS) is 16.6. The Hall–Kier alpha value is -4.83. The molecule has 1 aliphatic heterocycles. The molecule has 11 heteroatoms.